The van der Waals surface area contributed by atoms with Crippen LogP contribution in [0, 0.1) is 27.3 Å². The zero-order valence-corrected chi connectivity index (χ0v) is 13.0. The van der Waals surface area contributed by atoms with Gasteiger partial charge in [0.15, 0.2) is 0 Å². The van der Waals surface area contributed by atoms with Gasteiger partial charge in [-0.15, -0.1) is 0 Å². The first-order valence-electron chi connectivity index (χ1n) is 7.39. The number of nitrogens with zero attached hydrogens (tertiary/aromatic N) is 3. The fraction of sp³-hybridized carbons (Fsp3) is 0. The summed E-state index contributed by atoms with van der Waals surface area (Å²) in [4.78, 5) is 10.5. The van der Waals surface area contributed by atoms with Crippen LogP contribution in [0.15, 0.2) is 66.9 Å². The van der Waals surface area contributed by atoms with Crippen molar-refractivity contribution in [3.63, 3.8) is 0 Å². The average molecular weight is 333 g/mol. The fourth-order valence-corrected chi connectivity index (χ4v) is 2.50. The largest absolute Gasteiger partial charge is 0.317 e. The monoisotopic (exact) mass is 333 g/mol. The minimum Gasteiger partial charge on any atom is -0.317 e. The van der Waals surface area contributed by atoms with Gasteiger partial charge < -0.3 is 4.57 Å². The number of rotatable bonds is 4. The Morgan fingerprint density at radius 2 is 1.96 bits per heavy atom. The first-order valence-corrected chi connectivity index (χ1v) is 7.39. The summed E-state index contributed by atoms with van der Waals surface area (Å²) in [5, 5.41) is 20.4. The lowest BCUT2D eigenvalue weighted by atomic mass is 10.1. The SMILES string of the molecule is N#CC(=Cc1cccn1-c1cccc([N+](=O)[O-])c1)c1ccccc1F. The van der Waals surface area contributed by atoms with Crippen LogP contribution in [-0.4, -0.2) is 9.49 Å². The molecule has 0 unspecified atom stereocenters. The highest BCUT2D eigenvalue weighted by atomic mass is 19.1. The molecule has 0 N–H and O–H groups in total. The molecule has 0 radical (unpaired) electrons. The second-order valence-corrected chi connectivity index (χ2v) is 5.23. The van der Waals surface area contributed by atoms with Crippen molar-refractivity contribution in [2.45, 2.75) is 0 Å². The van der Waals surface area contributed by atoms with Crippen molar-refractivity contribution in [2.24, 2.45) is 0 Å². The molecule has 3 rings (SSSR count). The van der Waals surface area contributed by atoms with Crippen LogP contribution in [0.2, 0.25) is 0 Å². The van der Waals surface area contributed by atoms with Gasteiger partial charge in [-0.1, -0.05) is 24.3 Å². The van der Waals surface area contributed by atoms with Gasteiger partial charge in [-0.05, 0) is 30.3 Å². The average Bonchev–Trinajstić information content (AvgIpc) is 3.08. The zero-order chi connectivity index (χ0) is 17.8. The quantitative estimate of drug-likeness (QED) is 0.398. The van der Waals surface area contributed by atoms with Gasteiger partial charge in [0.1, 0.15) is 5.82 Å². The number of allylic oxidation sites excluding steroid dienone is 1. The van der Waals surface area contributed by atoms with Gasteiger partial charge in [-0.3, -0.25) is 10.1 Å². The molecule has 0 bridgehead atoms. The van der Waals surface area contributed by atoms with Crippen LogP contribution >= 0.6 is 0 Å². The van der Waals surface area contributed by atoms with Gasteiger partial charge in [0.25, 0.3) is 5.69 Å². The van der Waals surface area contributed by atoms with Crippen LogP contribution in [0.25, 0.3) is 17.3 Å². The van der Waals surface area contributed by atoms with E-state index in [1.807, 2.05) is 6.07 Å². The number of nitriles is 1. The zero-order valence-electron chi connectivity index (χ0n) is 13.0. The maximum absolute atomic E-state index is 13.9. The van der Waals surface area contributed by atoms with E-state index in [0.717, 1.165) is 0 Å². The van der Waals surface area contributed by atoms with Gasteiger partial charge in [0.05, 0.1) is 22.3 Å². The highest BCUT2D eigenvalue weighted by Crippen LogP contribution is 2.24. The molecule has 6 heteroatoms. The number of halogens is 1. The highest BCUT2D eigenvalue weighted by molar-refractivity contribution is 5.89. The van der Waals surface area contributed by atoms with Gasteiger partial charge in [0.2, 0.25) is 0 Å². The van der Waals surface area contributed by atoms with E-state index in [4.69, 9.17) is 0 Å². The van der Waals surface area contributed by atoms with Crippen molar-refractivity contribution in [1.29, 1.82) is 5.26 Å². The molecule has 1 heterocycles. The van der Waals surface area contributed by atoms with Crippen molar-refractivity contribution in [1.82, 2.24) is 4.57 Å². The van der Waals surface area contributed by atoms with Gasteiger partial charge >= 0.3 is 0 Å². The topological polar surface area (TPSA) is 71.9 Å². The Hall–Kier alpha value is -3.72. The second kappa shape index (κ2) is 6.81. The fourth-order valence-electron chi connectivity index (χ4n) is 2.50. The third kappa shape index (κ3) is 3.31. The summed E-state index contributed by atoms with van der Waals surface area (Å²) in [5.74, 6) is -0.483. The van der Waals surface area contributed by atoms with E-state index in [9.17, 15) is 19.8 Å². The van der Waals surface area contributed by atoms with E-state index in [1.165, 1.54) is 24.3 Å². The molecule has 0 fully saturated rings. The van der Waals surface area contributed by atoms with Crippen LogP contribution in [0.4, 0.5) is 10.1 Å². The summed E-state index contributed by atoms with van der Waals surface area (Å²) in [6, 6.07) is 17.7. The number of benzene rings is 2. The van der Waals surface area contributed by atoms with E-state index in [0.29, 0.717) is 11.4 Å². The van der Waals surface area contributed by atoms with Crippen molar-refractivity contribution in [3.05, 3.63) is 94.0 Å². The van der Waals surface area contributed by atoms with Gasteiger partial charge in [0, 0.05) is 29.6 Å². The lowest BCUT2D eigenvalue weighted by Gasteiger charge is -2.07. The Morgan fingerprint density at radius 3 is 2.68 bits per heavy atom. The number of nitro groups is 1. The minimum absolute atomic E-state index is 0.0317. The van der Waals surface area contributed by atoms with Crippen molar-refractivity contribution >= 4 is 17.3 Å². The summed E-state index contributed by atoms with van der Waals surface area (Å²) < 4.78 is 15.6. The molecular formula is C19H12FN3O2. The summed E-state index contributed by atoms with van der Waals surface area (Å²) >= 11 is 0. The molecule has 1 aromatic heterocycles. The molecule has 5 nitrogen and oxygen atoms in total. The first kappa shape index (κ1) is 16.1. The molecule has 122 valence electrons. The minimum atomic E-state index is -0.483. The third-order valence-corrected chi connectivity index (χ3v) is 3.68. The first-order chi connectivity index (χ1) is 12.1. The number of hydrogen-bond acceptors (Lipinski definition) is 3. The molecule has 0 saturated heterocycles. The molecular weight excluding hydrogens is 321 g/mol. The molecule has 2 aromatic carbocycles. The Bertz CT molecular complexity index is 1020. The smallest absolute Gasteiger partial charge is 0.271 e. The molecule has 0 aliphatic carbocycles. The van der Waals surface area contributed by atoms with Crippen molar-refractivity contribution in [2.75, 3.05) is 0 Å². The molecule has 0 atom stereocenters. The van der Waals surface area contributed by atoms with Gasteiger partial charge in [-0.2, -0.15) is 5.26 Å². The van der Waals surface area contributed by atoms with Crippen molar-refractivity contribution < 1.29 is 9.31 Å². The molecule has 25 heavy (non-hydrogen) atoms. The lowest BCUT2D eigenvalue weighted by molar-refractivity contribution is -0.384. The van der Waals surface area contributed by atoms with Crippen LogP contribution in [0.3, 0.4) is 0 Å². The van der Waals surface area contributed by atoms with E-state index < -0.39 is 10.7 Å². The summed E-state index contributed by atoms with van der Waals surface area (Å²) in [6.07, 6.45) is 3.28. The van der Waals surface area contributed by atoms with Crippen molar-refractivity contribution in [3.8, 4) is 11.8 Å². The van der Waals surface area contributed by atoms with E-state index in [-0.39, 0.29) is 16.8 Å². The lowest BCUT2D eigenvalue weighted by Crippen LogP contribution is -1.97. The standard InChI is InChI=1S/C19H12FN3O2/c20-19-9-2-1-8-18(19)14(13-21)11-15-7-4-10-22(15)16-5-3-6-17(12-16)23(24)25/h1-12H. The third-order valence-electron chi connectivity index (χ3n) is 3.68. The van der Waals surface area contributed by atoms with Gasteiger partial charge in [-0.25, -0.2) is 4.39 Å². The molecule has 0 aliphatic heterocycles. The Morgan fingerprint density at radius 1 is 1.16 bits per heavy atom. The number of hydrogen-bond donors (Lipinski definition) is 0. The molecule has 0 amide bonds. The molecule has 0 spiro atoms. The Labute approximate surface area is 143 Å². The molecule has 3 aromatic rings. The second-order valence-electron chi connectivity index (χ2n) is 5.23. The maximum Gasteiger partial charge on any atom is 0.271 e. The van der Waals surface area contributed by atoms with Crippen LogP contribution < -0.4 is 0 Å². The number of aromatic nitrogens is 1. The number of non-ortho nitro benzene ring substituents is 1. The Kier molecular flexibility index (Phi) is 4.40. The van der Waals surface area contributed by atoms with E-state index in [2.05, 4.69) is 0 Å². The van der Waals surface area contributed by atoms with Crippen LogP contribution in [0.5, 0.6) is 0 Å². The Balaban J connectivity index is 2.08. The summed E-state index contributed by atoms with van der Waals surface area (Å²) in [6.45, 7) is 0. The molecule has 0 saturated carbocycles. The molecule has 0 aliphatic rings. The predicted octanol–water partition coefficient (Wildman–Crippen LogP) is 4.59. The normalized spacial score (nSPS) is 11.1. The van der Waals surface area contributed by atoms with Crippen LogP contribution in [-0.2, 0) is 0 Å². The highest BCUT2D eigenvalue weighted by Gasteiger charge is 2.11. The predicted molar refractivity (Wildman–Crippen MR) is 92.3 cm³/mol. The summed E-state index contributed by atoms with van der Waals surface area (Å²) in [7, 11) is 0. The number of nitro benzene ring substituents is 1. The van der Waals surface area contributed by atoms with E-state index >= 15 is 0 Å². The van der Waals surface area contributed by atoms with E-state index in [1.54, 1.807) is 53.2 Å². The maximum atomic E-state index is 13.9. The summed E-state index contributed by atoms with van der Waals surface area (Å²) in [5.41, 5.74) is 1.53. The van der Waals surface area contributed by atoms with Crippen LogP contribution in [0.1, 0.15) is 11.3 Å².